The van der Waals surface area contributed by atoms with Crippen LogP contribution >= 0.6 is 0 Å². The Balaban J connectivity index is 1.82. The van der Waals surface area contributed by atoms with Crippen molar-refractivity contribution in [3.63, 3.8) is 0 Å². The van der Waals surface area contributed by atoms with Crippen molar-refractivity contribution in [2.75, 3.05) is 0 Å². The number of aryl methyl sites for hydroxylation is 1. The fraction of sp³-hybridized carbons (Fsp3) is 0.588. The summed E-state index contributed by atoms with van der Waals surface area (Å²) in [4.78, 5) is 11.3. The second-order valence-corrected chi connectivity index (χ2v) is 5.43. The van der Waals surface area contributed by atoms with E-state index in [-0.39, 0.29) is 0 Å². The van der Waals surface area contributed by atoms with Crippen LogP contribution in [0.15, 0.2) is 24.3 Å². The summed E-state index contributed by atoms with van der Waals surface area (Å²) < 4.78 is 0. The zero-order chi connectivity index (χ0) is 12.8. The van der Waals surface area contributed by atoms with Gasteiger partial charge in [0.05, 0.1) is 0 Å². The summed E-state index contributed by atoms with van der Waals surface area (Å²) in [6.45, 7) is 1.96. The molecule has 1 atom stereocenters. The van der Waals surface area contributed by atoms with Crippen LogP contribution in [0.3, 0.4) is 0 Å². The highest BCUT2D eigenvalue weighted by atomic mass is 16.1. The highest BCUT2D eigenvalue weighted by Gasteiger charge is 2.18. The number of rotatable bonds is 6. The van der Waals surface area contributed by atoms with E-state index in [4.69, 9.17) is 0 Å². The molecular weight excluding hydrogens is 220 g/mol. The summed E-state index contributed by atoms with van der Waals surface area (Å²) in [5.74, 6) is 1.16. The molecule has 1 nitrogen and oxygen atoms in total. The number of unbranched alkanes of at least 4 members (excludes halogenated alkanes) is 1. The number of hydrogen-bond donors (Lipinski definition) is 0. The van der Waals surface area contributed by atoms with Crippen LogP contribution in [0.2, 0.25) is 0 Å². The average molecular weight is 244 g/mol. The predicted molar refractivity (Wildman–Crippen MR) is 75.9 cm³/mol. The molecule has 0 radical (unpaired) electrons. The maximum Gasteiger partial charge on any atom is 0.132 e. The highest BCUT2D eigenvalue weighted by molar-refractivity contribution is 5.77. The molecule has 0 saturated heterocycles. The first-order valence-electron chi connectivity index (χ1n) is 7.40. The van der Waals surface area contributed by atoms with Gasteiger partial charge in [0, 0.05) is 12.8 Å². The van der Waals surface area contributed by atoms with Crippen molar-refractivity contribution in [1.82, 2.24) is 0 Å². The molecule has 0 aromatic heterocycles. The number of Topliss-reactive ketones (excluding diaryl/α,β-unsaturated/α-hetero) is 1. The van der Waals surface area contributed by atoms with Crippen molar-refractivity contribution < 1.29 is 4.79 Å². The van der Waals surface area contributed by atoms with Crippen molar-refractivity contribution in [2.24, 2.45) is 0 Å². The van der Waals surface area contributed by atoms with Crippen LogP contribution in [0, 0.1) is 0 Å². The van der Waals surface area contributed by atoms with E-state index in [1.54, 1.807) is 11.1 Å². The molecule has 2 rings (SSSR count). The first-order valence-corrected chi connectivity index (χ1v) is 7.40. The molecule has 1 aliphatic carbocycles. The Kier molecular flexibility index (Phi) is 4.98. The van der Waals surface area contributed by atoms with Gasteiger partial charge in [0.15, 0.2) is 0 Å². The van der Waals surface area contributed by atoms with E-state index in [1.165, 1.54) is 32.1 Å². The van der Waals surface area contributed by atoms with Gasteiger partial charge in [-0.3, -0.25) is 4.79 Å². The molecule has 0 saturated carbocycles. The molecule has 98 valence electrons. The van der Waals surface area contributed by atoms with E-state index in [1.807, 2.05) is 6.92 Å². The molecule has 0 aliphatic heterocycles. The molecule has 0 amide bonds. The molecule has 18 heavy (non-hydrogen) atoms. The largest absolute Gasteiger partial charge is 0.300 e. The van der Waals surface area contributed by atoms with Crippen molar-refractivity contribution in [3.05, 3.63) is 35.4 Å². The maximum absolute atomic E-state index is 11.3. The first-order chi connectivity index (χ1) is 8.81. The molecule has 1 aromatic carbocycles. The van der Waals surface area contributed by atoms with Gasteiger partial charge in [-0.15, -0.1) is 0 Å². The summed E-state index contributed by atoms with van der Waals surface area (Å²) in [6.07, 6.45) is 8.93. The first kappa shape index (κ1) is 13.3. The molecular formula is C17H24O. The van der Waals surface area contributed by atoms with Gasteiger partial charge in [-0.2, -0.15) is 0 Å². The van der Waals surface area contributed by atoms with Gasteiger partial charge in [-0.25, -0.2) is 0 Å². The van der Waals surface area contributed by atoms with Gasteiger partial charge in [0.1, 0.15) is 5.78 Å². The minimum Gasteiger partial charge on any atom is -0.300 e. The van der Waals surface area contributed by atoms with E-state index in [2.05, 4.69) is 24.3 Å². The van der Waals surface area contributed by atoms with Crippen molar-refractivity contribution >= 4 is 5.78 Å². The molecule has 0 spiro atoms. The quantitative estimate of drug-likeness (QED) is 0.666. The minimum absolute atomic E-state index is 0.416. The van der Waals surface area contributed by atoms with Crippen molar-refractivity contribution in [3.8, 4) is 0 Å². The van der Waals surface area contributed by atoms with Crippen molar-refractivity contribution in [1.29, 1.82) is 0 Å². The Hall–Kier alpha value is -1.11. The summed E-state index contributed by atoms with van der Waals surface area (Å²) in [7, 11) is 0. The van der Waals surface area contributed by atoms with Crippen LogP contribution in [0.1, 0.15) is 68.9 Å². The summed E-state index contributed by atoms with van der Waals surface area (Å²) in [5.41, 5.74) is 3.13. The lowest BCUT2D eigenvalue weighted by Crippen LogP contribution is -2.09. The van der Waals surface area contributed by atoms with Crippen LogP contribution in [-0.4, -0.2) is 5.78 Å². The van der Waals surface area contributed by atoms with Crippen LogP contribution in [0.4, 0.5) is 0 Å². The van der Waals surface area contributed by atoms with E-state index >= 15 is 0 Å². The zero-order valence-electron chi connectivity index (χ0n) is 11.5. The lowest BCUT2D eigenvalue weighted by atomic mass is 9.80. The van der Waals surface area contributed by atoms with E-state index < -0.39 is 0 Å². The Morgan fingerprint density at radius 2 is 2.11 bits per heavy atom. The average Bonchev–Trinajstić information content (AvgIpc) is 2.43. The Morgan fingerprint density at radius 3 is 2.94 bits per heavy atom. The number of fused-ring (bicyclic) bond motifs is 1. The van der Waals surface area contributed by atoms with Crippen LogP contribution in [0.5, 0.6) is 0 Å². The summed E-state index contributed by atoms with van der Waals surface area (Å²) in [6, 6.07) is 8.90. The third-order valence-corrected chi connectivity index (χ3v) is 4.15. The normalized spacial score (nSPS) is 18.4. The number of carbonyl (C=O) groups excluding carboxylic acids is 1. The maximum atomic E-state index is 11.3. The van der Waals surface area contributed by atoms with Crippen molar-refractivity contribution in [2.45, 2.75) is 64.2 Å². The highest BCUT2D eigenvalue weighted by Crippen LogP contribution is 2.34. The lowest BCUT2D eigenvalue weighted by molar-refractivity contribution is -0.118. The number of benzene rings is 1. The standard InChI is InChI=1S/C17H24O/c1-2-16(18)12-5-3-8-14-10-7-11-15-9-4-6-13-17(14)15/h4,6,9,13-14H,2-3,5,7-8,10-12H2,1H3. The van der Waals surface area contributed by atoms with Crippen LogP contribution in [-0.2, 0) is 11.2 Å². The predicted octanol–water partition coefficient (Wildman–Crippen LogP) is 4.65. The Morgan fingerprint density at radius 1 is 1.28 bits per heavy atom. The molecule has 0 fully saturated rings. The molecule has 0 N–H and O–H groups in total. The molecule has 1 unspecified atom stereocenters. The van der Waals surface area contributed by atoms with Gasteiger partial charge >= 0.3 is 0 Å². The van der Waals surface area contributed by atoms with Gasteiger partial charge < -0.3 is 0 Å². The molecule has 1 aliphatic rings. The molecule has 1 aromatic rings. The fourth-order valence-electron chi connectivity index (χ4n) is 3.04. The minimum atomic E-state index is 0.416. The molecule has 0 bridgehead atoms. The fourth-order valence-corrected chi connectivity index (χ4v) is 3.04. The molecule has 1 heteroatoms. The topological polar surface area (TPSA) is 17.1 Å². The Labute approximate surface area is 111 Å². The van der Waals surface area contributed by atoms with Crippen LogP contribution < -0.4 is 0 Å². The number of carbonyl (C=O) groups is 1. The van der Waals surface area contributed by atoms with Crippen LogP contribution in [0.25, 0.3) is 0 Å². The number of hydrogen-bond acceptors (Lipinski definition) is 1. The smallest absolute Gasteiger partial charge is 0.132 e. The Bertz CT molecular complexity index is 394. The van der Waals surface area contributed by atoms with Gasteiger partial charge in [0.25, 0.3) is 0 Å². The zero-order valence-corrected chi connectivity index (χ0v) is 11.5. The summed E-state index contributed by atoms with van der Waals surface area (Å²) >= 11 is 0. The number of ketones is 1. The second kappa shape index (κ2) is 6.72. The van der Waals surface area contributed by atoms with E-state index in [9.17, 15) is 4.79 Å². The van der Waals surface area contributed by atoms with E-state index in [0.717, 1.165) is 18.8 Å². The third-order valence-electron chi connectivity index (χ3n) is 4.15. The van der Waals surface area contributed by atoms with E-state index in [0.29, 0.717) is 12.2 Å². The summed E-state index contributed by atoms with van der Waals surface area (Å²) in [5, 5.41) is 0. The SMILES string of the molecule is CCC(=O)CCCCC1CCCc2ccccc21. The lowest BCUT2D eigenvalue weighted by Gasteiger charge is -2.25. The third kappa shape index (κ3) is 3.44. The molecule has 0 heterocycles. The monoisotopic (exact) mass is 244 g/mol. The van der Waals surface area contributed by atoms with Gasteiger partial charge in [-0.1, -0.05) is 37.6 Å². The second-order valence-electron chi connectivity index (χ2n) is 5.43. The van der Waals surface area contributed by atoms with Gasteiger partial charge in [-0.05, 0) is 49.1 Å². The van der Waals surface area contributed by atoms with Gasteiger partial charge in [0.2, 0.25) is 0 Å².